The molecule has 2 N–H and O–H groups in total. The number of hydroxylamine groups is 1. The third-order valence-corrected chi connectivity index (χ3v) is 9.61. The summed E-state index contributed by atoms with van der Waals surface area (Å²) in [6.07, 6.45) is 2.36. The fourth-order valence-electron chi connectivity index (χ4n) is 5.73. The number of ether oxygens (including phenoxy) is 1. The molecule has 0 bridgehead atoms. The van der Waals surface area contributed by atoms with Gasteiger partial charge in [-0.05, 0) is 78.8 Å². The predicted molar refractivity (Wildman–Crippen MR) is 194 cm³/mol. The monoisotopic (exact) mass is 728 g/mol. The van der Waals surface area contributed by atoms with Gasteiger partial charge in [-0.25, -0.2) is 27.8 Å². The van der Waals surface area contributed by atoms with Gasteiger partial charge in [0.05, 0.1) is 31.8 Å². The third kappa shape index (κ3) is 7.77. The molecule has 3 aromatic heterocycles. The highest BCUT2D eigenvalue weighted by Gasteiger charge is 2.26. The number of nitrogens with zero attached hydrogens (tertiary/aromatic N) is 4. The number of benzene rings is 3. The minimum atomic E-state index is -0.823. The fourth-order valence-corrected chi connectivity index (χ4v) is 7.04. The Bertz CT molecular complexity index is 2290. The number of aromatic nitrogens is 3. The zero-order valence-electron chi connectivity index (χ0n) is 28.4. The molecule has 6 aromatic rings. The van der Waals surface area contributed by atoms with Crippen molar-refractivity contribution < 1.29 is 28.2 Å². The quantitative estimate of drug-likeness (QED) is 0.111. The highest BCUT2D eigenvalue weighted by atomic mass is 32.1. The van der Waals surface area contributed by atoms with Gasteiger partial charge in [-0.15, -0.1) is 16.3 Å². The molecule has 0 saturated heterocycles. The maximum absolute atomic E-state index is 15.1. The summed E-state index contributed by atoms with van der Waals surface area (Å²) in [5.41, 5.74) is 3.28. The maximum Gasteiger partial charge on any atom is 0.345 e. The van der Waals surface area contributed by atoms with E-state index < -0.39 is 35.5 Å². The number of urea groups is 1. The van der Waals surface area contributed by atoms with Gasteiger partial charge in [0.25, 0.3) is 5.56 Å². The summed E-state index contributed by atoms with van der Waals surface area (Å²) in [6.45, 7) is 0.395. The van der Waals surface area contributed by atoms with Crippen LogP contribution in [-0.2, 0) is 29.4 Å². The van der Waals surface area contributed by atoms with E-state index in [2.05, 4.69) is 25.7 Å². The number of methoxy groups -OCH3 is 1. The number of amides is 2. The average molecular weight is 729 g/mol. The highest BCUT2D eigenvalue weighted by Crippen LogP contribution is 2.38. The van der Waals surface area contributed by atoms with Crippen LogP contribution in [0.1, 0.15) is 16.8 Å². The maximum atomic E-state index is 15.1. The van der Waals surface area contributed by atoms with E-state index in [-0.39, 0.29) is 28.0 Å². The van der Waals surface area contributed by atoms with E-state index >= 15 is 8.78 Å². The molecule has 15 heteroatoms. The van der Waals surface area contributed by atoms with Gasteiger partial charge in [-0.1, -0.05) is 24.3 Å². The summed E-state index contributed by atoms with van der Waals surface area (Å²) < 4.78 is 37.7. The molecule has 0 spiro atoms. The number of thiophene rings is 1. The Morgan fingerprint density at radius 1 is 0.923 bits per heavy atom. The molecule has 0 unspecified atom stereocenters. The van der Waals surface area contributed by atoms with Gasteiger partial charge in [0.15, 0.2) is 0 Å². The SMILES string of the molecule is COONC(=O)Nc1ccc(-c2sc3c(c2CN(C)CCc2ccccn2)c(=O)n(-c2ccc(OC)cc2)c(=O)n3Cc2c(F)cccc2F)cc1. The average Bonchev–Trinajstić information content (AvgIpc) is 3.52. The Morgan fingerprint density at radius 2 is 1.65 bits per heavy atom. The van der Waals surface area contributed by atoms with Crippen molar-refractivity contribution in [3.8, 4) is 21.9 Å². The van der Waals surface area contributed by atoms with Crippen LogP contribution in [-0.4, -0.2) is 52.9 Å². The Kier molecular flexibility index (Phi) is 11.2. The largest absolute Gasteiger partial charge is 0.497 e. The number of halogens is 2. The summed E-state index contributed by atoms with van der Waals surface area (Å²) in [6, 6.07) is 21.8. The van der Waals surface area contributed by atoms with Crippen molar-refractivity contribution in [2.24, 2.45) is 0 Å². The molecule has 3 heterocycles. The summed E-state index contributed by atoms with van der Waals surface area (Å²) in [4.78, 5) is 57.2. The van der Waals surface area contributed by atoms with E-state index in [0.29, 0.717) is 40.4 Å². The zero-order valence-corrected chi connectivity index (χ0v) is 29.2. The molecule has 268 valence electrons. The number of hydrogen-bond acceptors (Lipinski definition) is 9. The first-order valence-electron chi connectivity index (χ1n) is 16.0. The van der Waals surface area contributed by atoms with Crippen LogP contribution in [0.4, 0.5) is 19.3 Å². The number of pyridine rings is 1. The van der Waals surface area contributed by atoms with E-state index in [1.807, 2.05) is 30.1 Å². The number of rotatable bonds is 13. The van der Waals surface area contributed by atoms with Crippen LogP contribution < -0.4 is 26.8 Å². The molecule has 0 aliphatic heterocycles. The molecule has 0 saturated carbocycles. The van der Waals surface area contributed by atoms with Crippen LogP contribution in [0.15, 0.2) is 101 Å². The first-order chi connectivity index (χ1) is 25.2. The van der Waals surface area contributed by atoms with Crippen molar-refractivity contribution in [2.75, 3.05) is 33.1 Å². The van der Waals surface area contributed by atoms with E-state index in [4.69, 9.17) is 4.74 Å². The van der Waals surface area contributed by atoms with Crippen molar-refractivity contribution in [3.05, 3.63) is 140 Å². The van der Waals surface area contributed by atoms with E-state index in [1.54, 1.807) is 54.7 Å². The molecule has 0 aliphatic carbocycles. The lowest BCUT2D eigenvalue weighted by Gasteiger charge is -2.18. The van der Waals surface area contributed by atoms with Crippen molar-refractivity contribution in [2.45, 2.75) is 19.5 Å². The molecule has 3 aromatic carbocycles. The molecular formula is C37H34F2N6O6S. The first kappa shape index (κ1) is 36.1. The zero-order chi connectivity index (χ0) is 36.8. The Hall–Kier alpha value is -5.74. The molecule has 0 radical (unpaired) electrons. The van der Waals surface area contributed by atoms with Gasteiger partial charge in [0, 0.05) is 47.5 Å². The normalized spacial score (nSPS) is 11.3. The standard InChI is InChI=1S/C37H34F2N6O6S/c1-43(20-18-24-7-4-5-19-40-24)21-29-32-34(46)45(26-14-16-27(49-2)17-15-26)37(48)44(22-28-30(38)8-6-9-31(28)39)35(32)52-33(29)23-10-12-25(13-11-23)41-36(47)42-51-50-3/h4-17,19H,18,20-22H2,1-3H3,(H2,41,42,47). The minimum absolute atomic E-state index is 0.232. The number of fused-ring (bicyclic) bond motifs is 1. The highest BCUT2D eigenvalue weighted by molar-refractivity contribution is 7.22. The van der Waals surface area contributed by atoms with Crippen molar-refractivity contribution in [1.82, 2.24) is 24.5 Å². The van der Waals surface area contributed by atoms with Gasteiger partial charge in [-0.2, -0.15) is 5.48 Å². The lowest BCUT2D eigenvalue weighted by Crippen LogP contribution is -2.39. The van der Waals surface area contributed by atoms with Crippen molar-refractivity contribution >= 4 is 33.3 Å². The van der Waals surface area contributed by atoms with Gasteiger partial charge in [0.1, 0.15) is 22.2 Å². The van der Waals surface area contributed by atoms with Crippen LogP contribution in [0.2, 0.25) is 0 Å². The van der Waals surface area contributed by atoms with Gasteiger partial charge >= 0.3 is 11.7 Å². The summed E-state index contributed by atoms with van der Waals surface area (Å²) in [7, 11) is 4.66. The number of carbonyl (C=O) groups is 1. The lowest BCUT2D eigenvalue weighted by atomic mass is 10.1. The minimum Gasteiger partial charge on any atom is -0.497 e. The van der Waals surface area contributed by atoms with Gasteiger partial charge < -0.3 is 15.0 Å². The topological polar surface area (TPSA) is 129 Å². The summed E-state index contributed by atoms with van der Waals surface area (Å²) in [5, 5.41) is 2.85. The number of anilines is 1. The third-order valence-electron chi connectivity index (χ3n) is 8.31. The van der Waals surface area contributed by atoms with Crippen LogP contribution in [0, 0.1) is 11.6 Å². The number of carbonyl (C=O) groups excluding carboxylic acids is 1. The van der Waals surface area contributed by atoms with Crippen LogP contribution >= 0.6 is 11.3 Å². The second-order valence-electron chi connectivity index (χ2n) is 11.7. The predicted octanol–water partition coefficient (Wildman–Crippen LogP) is 5.90. The van der Waals surface area contributed by atoms with Crippen LogP contribution in [0.3, 0.4) is 0 Å². The van der Waals surface area contributed by atoms with Crippen molar-refractivity contribution in [1.29, 1.82) is 0 Å². The number of nitrogens with one attached hydrogen (secondary N) is 2. The molecule has 0 atom stereocenters. The molecule has 12 nitrogen and oxygen atoms in total. The second-order valence-corrected chi connectivity index (χ2v) is 12.7. The van der Waals surface area contributed by atoms with Gasteiger partial charge in [-0.3, -0.25) is 14.3 Å². The molecule has 52 heavy (non-hydrogen) atoms. The van der Waals surface area contributed by atoms with Crippen molar-refractivity contribution in [3.63, 3.8) is 0 Å². The van der Waals surface area contributed by atoms with Gasteiger partial charge in [0.2, 0.25) is 0 Å². The fraction of sp³-hybridized carbons (Fsp3) is 0.189. The molecule has 6 rings (SSSR count). The second kappa shape index (κ2) is 16.1. The summed E-state index contributed by atoms with van der Waals surface area (Å²) in [5.74, 6) is -1.13. The smallest absolute Gasteiger partial charge is 0.345 e. The lowest BCUT2D eigenvalue weighted by molar-refractivity contribution is -0.303. The Labute approximate surface area is 300 Å². The number of hydrogen-bond donors (Lipinski definition) is 2. The van der Waals surface area contributed by atoms with E-state index in [0.717, 1.165) is 22.4 Å². The van der Waals surface area contributed by atoms with E-state index in [1.165, 1.54) is 36.2 Å². The Balaban J connectivity index is 1.54. The first-order valence-corrected chi connectivity index (χ1v) is 16.8. The van der Waals surface area contributed by atoms with Crippen LogP contribution in [0.5, 0.6) is 5.75 Å². The molecule has 0 fully saturated rings. The van der Waals surface area contributed by atoms with E-state index in [9.17, 15) is 14.4 Å². The Morgan fingerprint density at radius 3 is 2.31 bits per heavy atom. The van der Waals surface area contributed by atoms with Crippen LogP contribution in [0.25, 0.3) is 26.3 Å². The molecular weight excluding hydrogens is 695 g/mol. The number of likely N-dealkylation sites (N-methyl/N-ethyl adjacent to an activating group) is 1. The molecule has 2 amide bonds. The summed E-state index contributed by atoms with van der Waals surface area (Å²) >= 11 is 1.17. The molecule has 0 aliphatic rings.